The molecule has 6 nitrogen and oxygen atoms in total. The zero-order chi connectivity index (χ0) is 27.5. The van der Waals surface area contributed by atoms with Gasteiger partial charge in [0.2, 0.25) is 0 Å². The lowest BCUT2D eigenvalue weighted by molar-refractivity contribution is -1.11. The van der Waals surface area contributed by atoms with Crippen molar-refractivity contribution in [3.05, 3.63) is 77.9 Å². The van der Waals surface area contributed by atoms with Crippen LogP contribution in [0, 0.1) is 23.7 Å². The fraction of sp³-hybridized carbons (Fsp3) is 0.500. The van der Waals surface area contributed by atoms with Gasteiger partial charge in [-0.25, -0.2) is 9.63 Å². The number of allylic oxidation sites excluding steroid dienone is 2. The first kappa shape index (κ1) is 27.3. The number of benzene rings is 2. The number of piperidine rings is 1. The third kappa shape index (κ3) is 5.25. The number of fused-ring (bicyclic) bond motifs is 4. The van der Waals surface area contributed by atoms with Crippen LogP contribution in [0.3, 0.4) is 0 Å². The van der Waals surface area contributed by atoms with Crippen molar-refractivity contribution in [2.45, 2.75) is 44.6 Å². The third-order valence-electron chi connectivity index (χ3n) is 9.69. The number of quaternary nitrogens is 1. The molecule has 0 amide bonds. The minimum absolute atomic E-state index is 0.163. The van der Waals surface area contributed by atoms with Crippen LogP contribution in [0.25, 0.3) is 10.8 Å². The lowest BCUT2D eigenvalue weighted by Crippen LogP contribution is -2.57. The Morgan fingerprint density at radius 2 is 2.00 bits per heavy atom. The molecule has 2 aromatic carbocycles. The SMILES string of the molecule is CO[N+]12CC3CCCOCC/C=C(\C(=O)O)C(CCCOc4cccc5ccccc45)C4=CC=CC(C(C3)C1)C42. The van der Waals surface area contributed by atoms with Gasteiger partial charge in [0, 0.05) is 41.2 Å². The van der Waals surface area contributed by atoms with E-state index in [9.17, 15) is 9.90 Å². The first-order valence-corrected chi connectivity index (χ1v) is 15.0. The number of carbonyl (C=O) groups is 1. The highest BCUT2D eigenvalue weighted by atomic mass is 16.7. The minimum atomic E-state index is -0.836. The molecule has 0 spiro atoms. The van der Waals surface area contributed by atoms with Crippen LogP contribution in [0.2, 0.25) is 0 Å². The van der Waals surface area contributed by atoms with Crippen molar-refractivity contribution in [3.8, 4) is 5.75 Å². The van der Waals surface area contributed by atoms with Gasteiger partial charge in [-0.15, -0.1) is 0 Å². The smallest absolute Gasteiger partial charge is 0.331 e. The monoisotopic (exact) mass is 544 g/mol. The molecule has 3 aliphatic heterocycles. The number of rotatable bonds is 7. The van der Waals surface area contributed by atoms with Crippen LogP contribution in [-0.4, -0.2) is 61.8 Å². The lowest BCUT2D eigenvalue weighted by Gasteiger charge is -2.43. The number of hydrogen-bond acceptors (Lipinski definition) is 4. The lowest BCUT2D eigenvalue weighted by atomic mass is 9.74. The molecule has 3 heterocycles. The van der Waals surface area contributed by atoms with Crippen molar-refractivity contribution in [1.82, 2.24) is 0 Å². The highest BCUT2D eigenvalue weighted by Gasteiger charge is 2.61. The van der Waals surface area contributed by atoms with Gasteiger partial charge in [0.25, 0.3) is 0 Å². The van der Waals surface area contributed by atoms with Crippen molar-refractivity contribution in [2.24, 2.45) is 23.7 Å². The van der Waals surface area contributed by atoms with Crippen LogP contribution < -0.4 is 4.74 Å². The molecule has 6 rings (SSSR count). The molecular formula is C34H42NO5+. The number of nitrogens with zero attached hydrogens (tertiary/aromatic N) is 1. The average molecular weight is 545 g/mol. The quantitative estimate of drug-likeness (QED) is 0.326. The number of carboxylic acid groups (broad SMARTS) is 1. The largest absolute Gasteiger partial charge is 0.493 e. The summed E-state index contributed by atoms with van der Waals surface area (Å²) in [6.07, 6.45) is 14.2. The Hall–Kier alpha value is -2.93. The van der Waals surface area contributed by atoms with E-state index in [0.29, 0.717) is 54.0 Å². The molecule has 3 bridgehead atoms. The Morgan fingerprint density at radius 1 is 1.12 bits per heavy atom. The predicted molar refractivity (Wildman–Crippen MR) is 156 cm³/mol. The summed E-state index contributed by atoms with van der Waals surface area (Å²) in [7, 11) is 1.85. The molecule has 2 aromatic rings. The van der Waals surface area contributed by atoms with Crippen molar-refractivity contribution in [2.75, 3.05) is 40.0 Å². The van der Waals surface area contributed by atoms with Gasteiger partial charge >= 0.3 is 5.97 Å². The van der Waals surface area contributed by atoms with Crippen LogP contribution in [0.4, 0.5) is 0 Å². The standard InChI is InChI=1S/C34H41NO5/c1-38-35-22-24-9-6-18-39-19-7-16-31(34(36)37)29(30-14-5-13-28(33(30)35)26(21-24)23-35)15-8-20-40-32-17-4-11-25-10-2-3-12-27(25)32/h2-5,10-14,16-17,24,26,28-29,33H,6-9,15,18-23H2,1H3/p+1/b31-16-. The molecule has 0 saturated carbocycles. The Balaban J connectivity index is 1.29. The Labute approximate surface area is 237 Å². The second kappa shape index (κ2) is 11.9. The molecule has 0 aromatic heterocycles. The van der Waals surface area contributed by atoms with E-state index in [4.69, 9.17) is 14.3 Å². The van der Waals surface area contributed by atoms with Gasteiger partial charge in [-0.05, 0) is 55.6 Å². The topological polar surface area (TPSA) is 65.0 Å². The zero-order valence-corrected chi connectivity index (χ0v) is 23.5. The maximum Gasteiger partial charge on any atom is 0.331 e. The fourth-order valence-electron chi connectivity index (χ4n) is 8.05. The third-order valence-corrected chi connectivity index (χ3v) is 9.69. The van der Waals surface area contributed by atoms with E-state index in [-0.39, 0.29) is 12.0 Å². The van der Waals surface area contributed by atoms with E-state index in [2.05, 4.69) is 36.4 Å². The molecule has 40 heavy (non-hydrogen) atoms. The summed E-state index contributed by atoms with van der Waals surface area (Å²) < 4.78 is 12.8. The molecule has 1 N–H and O–H groups in total. The van der Waals surface area contributed by atoms with E-state index in [0.717, 1.165) is 55.5 Å². The second-order valence-corrected chi connectivity index (χ2v) is 12.0. The average Bonchev–Trinajstić information content (AvgIpc) is 3.21. The molecule has 0 radical (unpaired) electrons. The summed E-state index contributed by atoms with van der Waals surface area (Å²) in [5.74, 6) is 1.39. The first-order chi connectivity index (χ1) is 19.6. The normalized spacial score (nSPS) is 33.2. The number of ether oxygens (including phenoxy) is 2. The molecule has 4 aliphatic rings. The van der Waals surface area contributed by atoms with Gasteiger partial charge in [-0.1, -0.05) is 60.7 Å². The fourth-order valence-corrected chi connectivity index (χ4v) is 8.05. The number of aliphatic carboxylic acids is 1. The van der Waals surface area contributed by atoms with Gasteiger partial charge in [-0.2, -0.15) is 4.65 Å². The van der Waals surface area contributed by atoms with E-state index in [1.54, 1.807) is 0 Å². The second-order valence-electron chi connectivity index (χ2n) is 12.0. The summed E-state index contributed by atoms with van der Waals surface area (Å²) >= 11 is 0. The zero-order valence-electron chi connectivity index (χ0n) is 23.5. The van der Waals surface area contributed by atoms with Gasteiger partial charge in [0.05, 0.1) is 20.3 Å². The highest BCUT2D eigenvalue weighted by molar-refractivity contribution is 5.88. The first-order valence-electron chi connectivity index (χ1n) is 15.0. The number of hydrogen-bond donors (Lipinski definition) is 1. The van der Waals surface area contributed by atoms with Crippen molar-refractivity contribution >= 4 is 16.7 Å². The van der Waals surface area contributed by atoms with Crippen LogP contribution in [-0.2, 0) is 14.4 Å². The molecule has 6 unspecified atom stereocenters. The van der Waals surface area contributed by atoms with E-state index >= 15 is 0 Å². The molecule has 2 fully saturated rings. The Kier molecular flexibility index (Phi) is 8.10. The molecule has 212 valence electrons. The van der Waals surface area contributed by atoms with E-state index in [1.165, 1.54) is 12.0 Å². The molecule has 1 aliphatic carbocycles. The Morgan fingerprint density at radius 3 is 2.88 bits per heavy atom. The predicted octanol–water partition coefficient (Wildman–Crippen LogP) is 6.34. The molecule has 6 atom stereocenters. The maximum absolute atomic E-state index is 12.8. The maximum atomic E-state index is 12.8. The van der Waals surface area contributed by atoms with Crippen LogP contribution in [0.1, 0.15) is 38.5 Å². The summed E-state index contributed by atoms with van der Waals surface area (Å²) in [5, 5.41) is 12.7. The number of carboxylic acids is 1. The van der Waals surface area contributed by atoms with Crippen LogP contribution >= 0.6 is 0 Å². The molecular weight excluding hydrogens is 502 g/mol. The number of hydroxylamine groups is 3. The van der Waals surface area contributed by atoms with Crippen LogP contribution in [0.15, 0.2) is 77.9 Å². The molecule has 2 saturated heterocycles. The van der Waals surface area contributed by atoms with Gasteiger partial charge in [0.15, 0.2) is 0 Å². The summed E-state index contributed by atoms with van der Waals surface area (Å²) in [4.78, 5) is 19.2. The van der Waals surface area contributed by atoms with E-state index in [1.807, 2.05) is 37.5 Å². The summed E-state index contributed by atoms with van der Waals surface area (Å²) in [6.45, 7) is 3.82. The highest BCUT2D eigenvalue weighted by Crippen LogP contribution is 2.52. The van der Waals surface area contributed by atoms with Crippen molar-refractivity contribution in [1.29, 1.82) is 0 Å². The molecule has 6 heteroatoms. The van der Waals surface area contributed by atoms with Crippen molar-refractivity contribution < 1.29 is 28.9 Å². The van der Waals surface area contributed by atoms with Crippen molar-refractivity contribution in [3.63, 3.8) is 0 Å². The minimum Gasteiger partial charge on any atom is -0.493 e. The van der Waals surface area contributed by atoms with Crippen LogP contribution in [0.5, 0.6) is 5.75 Å². The van der Waals surface area contributed by atoms with Gasteiger partial charge in [0.1, 0.15) is 24.9 Å². The summed E-state index contributed by atoms with van der Waals surface area (Å²) in [5.41, 5.74) is 1.70. The van der Waals surface area contributed by atoms with Gasteiger partial charge in [-0.3, -0.25) is 0 Å². The van der Waals surface area contributed by atoms with E-state index < -0.39 is 5.97 Å². The van der Waals surface area contributed by atoms with Gasteiger partial charge < -0.3 is 14.6 Å². The Bertz CT molecular complexity index is 1310. The summed E-state index contributed by atoms with van der Waals surface area (Å²) in [6, 6.07) is 14.5.